The maximum Gasteiger partial charge on any atom is 0.503 e. The maximum atomic E-state index is 8.56. The van der Waals surface area contributed by atoms with Gasteiger partial charge in [0, 0.05) is 1.43 Å². The van der Waals surface area contributed by atoms with E-state index in [1.54, 1.807) is 0 Å². The summed E-state index contributed by atoms with van der Waals surface area (Å²) in [6.45, 7) is 0. The molecule has 0 heterocycles. The summed E-state index contributed by atoms with van der Waals surface area (Å²) in [6, 6.07) is 0. The van der Waals surface area contributed by atoms with E-state index in [2.05, 4.69) is 0 Å². The zero-order valence-electron chi connectivity index (χ0n) is 3.22. The van der Waals surface area contributed by atoms with Crippen LogP contribution in [0, 0.1) is 0 Å². The molecule has 0 aromatic rings. The van der Waals surface area contributed by atoms with Crippen molar-refractivity contribution in [2.45, 2.75) is 0 Å². The summed E-state index contributed by atoms with van der Waals surface area (Å²) >= 11 is 0. The lowest BCUT2D eigenvalue weighted by atomic mass is 11.5. The van der Waals surface area contributed by atoms with Gasteiger partial charge in [0.1, 0.15) is 0 Å². The molecule has 8 N–H and O–H groups in total. The summed E-state index contributed by atoms with van der Waals surface area (Å²) in [5.41, 5.74) is 0. The molecule has 0 bridgehead atoms. The molecule has 42 valence electrons. The van der Waals surface area contributed by atoms with Crippen molar-refractivity contribution in [2.75, 3.05) is 0 Å². The van der Waals surface area contributed by atoms with Crippen LogP contribution in [0.5, 0.6) is 0 Å². The number of carboxylic acid groups (broad SMARTS) is 2. The Morgan fingerprint density at radius 1 is 1.33 bits per heavy atom. The summed E-state index contributed by atoms with van der Waals surface area (Å²) in [5, 5.41) is 13.9. The first-order valence-electron chi connectivity index (χ1n) is 0.651. The molecule has 6 heavy (non-hydrogen) atoms. The van der Waals surface area contributed by atoms with Crippen molar-refractivity contribution in [1.82, 2.24) is 12.3 Å². The van der Waals surface area contributed by atoms with E-state index in [0.717, 1.165) is 0 Å². The molecule has 0 amide bonds. The van der Waals surface area contributed by atoms with Crippen LogP contribution in [-0.2, 0) is 0 Å². The molecule has 0 rings (SSSR count). The van der Waals surface area contributed by atoms with E-state index in [-0.39, 0.29) is 13.7 Å². The first kappa shape index (κ1) is 19.0. The molecule has 0 saturated heterocycles. The first-order valence-corrected chi connectivity index (χ1v) is 0.651. The van der Waals surface area contributed by atoms with E-state index in [0.29, 0.717) is 0 Å². The Kier molecular flexibility index (Phi) is 28.1. The minimum Gasteiger partial charge on any atom is -0.450 e. The molecule has 0 aliphatic rings. The molecule has 0 spiro atoms. The average Bonchev–Trinajstić information content (AvgIpc) is 0.811. The second-order valence-corrected chi connectivity index (χ2v) is 0.283. The summed E-state index contributed by atoms with van der Waals surface area (Å²) in [6.07, 6.45) is -1.83. The van der Waals surface area contributed by atoms with Gasteiger partial charge in [-0.2, -0.15) is 0 Å². The number of hydrogen-bond acceptors (Lipinski definition) is 3. The molecule has 5 heteroatoms. The van der Waals surface area contributed by atoms with Crippen LogP contribution in [0.1, 0.15) is 1.43 Å². The molecule has 0 atom stereocenters. The van der Waals surface area contributed by atoms with Crippen molar-refractivity contribution < 1.29 is 16.4 Å². The van der Waals surface area contributed by atoms with Crippen LogP contribution in [0.3, 0.4) is 0 Å². The Bertz CT molecular complexity index is 35.9. The molecule has 0 unspecified atom stereocenters. The Hall–Kier alpha value is -0.810. The van der Waals surface area contributed by atoms with E-state index in [9.17, 15) is 0 Å². The molecule has 0 fully saturated rings. The Morgan fingerprint density at radius 2 is 1.33 bits per heavy atom. The van der Waals surface area contributed by atoms with Crippen LogP contribution in [0.25, 0.3) is 0 Å². The van der Waals surface area contributed by atoms with E-state index < -0.39 is 6.16 Å². The lowest BCUT2D eigenvalue weighted by Crippen LogP contribution is -1.81. The summed E-state index contributed by atoms with van der Waals surface area (Å²) in [7, 11) is 0. The van der Waals surface area contributed by atoms with Crippen molar-refractivity contribution in [1.29, 1.82) is 0 Å². The van der Waals surface area contributed by atoms with E-state index in [1.807, 2.05) is 0 Å². The molecule has 0 aliphatic heterocycles. The van der Waals surface area contributed by atoms with Crippen molar-refractivity contribution in [2.24, 2.45) is 0 Å². The van der Waals surface area contributed by atoms with Gasteiger partial charge in [-0.1, -0.05) is 0 Å². The minimum atomic E-state index is -1.83. The van der Waals surface area contributed by atoms with Gasteiger partial charge in [-0.15, -0.1) is 0 Å². The topological polar surface area (TPSA) is 128 Å². The predicted octanol–water partition coefficient (Wildman–Crippen LogP) is 0.792. The monoisotopic (exact) mass is 98.1 g/mol. The average molecular weight is 98.1 g/mol. The molecular weight excluding hydrogens is 88.0 g/mol. The van der Waals surface area contributed by atoms with Gasteiger partial charge < -0.3 is 22.5 Å². The highest BCUT2D eigenvalue weighted by Crippen LogP contribution is 1.42. The molecule has 5 nitrogen and oxygen atoms in total. The Morgan fingerprint density at radius 3 is 1.33 bits per heavy atom. The summed E-state index contributed by atoms with van der Waals surface area (Å²) < 4.78 is 0. The lowest BCUT2D eigenvalue weighted by Gasteiger charge is -1.60. The van der Waals surface area contributed by atoms with Crippen LogP contribution in [0.4, 0.5) is 4.79 Å². The predicted molar refractivity (Wildman–Crippen MR) is 22.8 cm³/mol. The minimum absolute atomic E-state index is 0. The lowest BCUT2D eigenvalue weighted by molar-refractivity contribution is 0.137. The van der Waals surface area contributed by atoms with Crippen LogP contribution < -0.4 is 12.3 Å². The number of hydrogen-bond donors (Lipinski definition) is 4. The van der Waals surface area contributed by atoms with E-state index in [1.165, 1.54) is 0 Å². The second kappa shape index (κ2) is 8.89. The number of carbonyl (C=O) groups is 1. The van der Waals surface area contributed by atoms with Crippen LogP contribution in [0.15, 0.2) is 0 Å². The quantitative estimate of drug-likeness (QED) is 0.356. The van der Waals surface area contributed by atoms with Gasteiger partial charge in [-0.3, -0.25) is 0 Å². The zero-order valence-corrected chi connectivity index (χ0v) is 3.22. The van der Waals surface area contributed by atoms with Crippen molar-refractivity contribution >= 4 is 6.16 Å². The zero-order chi connectivity index (χ0) is 3.58. The second-order valence-electron chi connectivity index (χ2n) is 0.283. The van der Waals surface area contributed by atoms with Gasteiger partial charge in [-0.05, 0) is 0 Å². The maximum absolute atomic E-state index is 8.56. The molecule has 0 aromatic heterocycles. The molecule has 0 saturated carbocycles. The fourth-order valence-electron chi connectivity index (χ4n) is 0. The third-order valence-electron chi connectivity index (χ3n) is 0. The van der Waals surface area contributed by atoms with Crippen molar-refractivity contribution in [3.63, 3.8) is 0 Å². The van der Waals surface area contributed by atoms with E-state index >= 15 is 0 Å². The van der Waals surface area contributed by atoms with Crippen molar-refractivity contribution in [3.8, 4) is 0 Å². The highest BCUT2D eigenvalue weighted by atomic mass is 16.6. The molecule has 0 radical (unpaired) electrons. The van der Waals surface area contributed by atoms with Crippen LogP contribution in [-0.4, -0.2) is 16.4 Å². The van der Waals surface area contributed by atoms with Gasteiger partial charge in [0.15, 0.2) is 0 Å². The third kappa shape index (κ3) is 23.3. The van der Waals surface area contributed by atoms with Gasteiger partial charge in [0.2, 0.25) is 0 Å². The molecule has 0 aliphatic carbocycles. The van der Waals surface area contributed by atoms with Crippen molar-refractivity contribution in [3.05, 3.63) is 0 Å². The normalized spacial score (nSPS) is 4.00. The Balaban J connectivity index is -0.0000000150. The van der Waals surface area contributed by atoms with Crippen LogP contribution in [0.2, 0.25) is 0 Å². The van der Waals surface area contributed by atoms with Crippen LogP contribution >= 0.6 is 0 Å². The van der Waals surface area contributed by atoms with E-state index in [4.69, 9.17) is 15.0 Å². The summed E-state index contributed by atoms with van der Waals surface area (Å²) in [4.78, 5) is 8.56. The third-order valence-corrected chi connectivity index (χ3v) is 0. The highest BCUT2D eigenvalue weighted by Gasteiger charge is 1.70. The van der Waals surface area contributed by atoms with Gasteiger partial charge in [0.05, 0.1) is 0 Å². The SMILES string of the molecule is N.N.O=C(O)O.[HH]. The molecular formula is CH10N2O3. The fraction of sp³-hybridized carbons (Fsp3) is 0. The standard InChI is InChI=1S/CH2O3.2H3N.H2/c2-1(3)4;;;/h(H2,2,3,4);2*1H3;1H. The fourth-order valence-corrected chi connectivity index (χ4v) is 0. The first-order chi connectivity index (χ1) is 1.73. The number of rotatable bonds is 0. The summed E-state index contributed by atoms with van der Waals surface area (Å²) in [5.74, 6) is 0. The smallest absolute Gasteiger partial charge is 0.450 e. The largest absolute Gasteiger partial charge is 0.503 e. The van der Waals surface area contributed by atoms with Gasteiger partial charge in [-0.25, -0.2) is 4.79 Å². The highest BCUT2D eigenvalue weighted by molar-refractivity contribution is 5.53. The Labute approximate surface area is 36.2 Å². The van der Waals surface area contributed by atoms with Gasteiger partial charge >= 0.3 is 6.16 Å². The molecule has 0 aromatic carbocycles. The van der Waals surface area contributed by atoms with Gasteiger partial charge in [0.25, 0.3) is 0 Å².